The Labute approximate surface area is 147 Å². The van der Waals surface area contributed by atoms with Crippen LogP contribution >= 0.6 is 0 Å². The first-order valence-corrected chi connectivity index (χ1v) is 8.72. The van der Waals surface area contributed by atoms with Gasteiger partial charge in [-0.25, -0.2) is 4.79 Å². The molecule has 3 N–H and O–H groups in total. The number of aromatic nitrogens is 1. The zero-order valence-corrected chi connectivity index (χ0v) is 14.0. The number of carbonyl (C=O) groups is 1. The fraction of sp³-hybridized carbons (Fsp3) is 0.250. The van der Waals surface area contributed by atoms with Gasteiger partial charge in [0.05, 0.1) is 0 Å². The summed E-state index contributed by atoms with van der Waals surface area (Å²) in [5, 5.41) is 7.12. The van der Waals surface area contributed by atoms with E-state index in [-0.39, 0.29) is 12.1 Å². The molecular formula is C20H22N4O. The van der Waals surface area contributed by atoms with Crippen LogP contribution in [0.3, 0.4) is 0 Å². The second-order valence-corrected chi connectivity index (χ2v) is 6.48. The molecule has 0 atom stereocenters. The van der Waals surface area contributed by atoms with E-state index in [4.69, 9.17) is 0 Å². The summed E-state index contributed by atoms with van der Waals surface area (Å²) in [6, 6.07) is 18.4. The number of hydrogen-bond donors (Lipinski definition) is 3. The summed E-state index contributed by atoms with van der Waals surface area (Å²) in [7, 11) is 0. The standard InChI is InChI=1S/C20H22N4O/c25-20(23-17-6-7-19-15(14-17)8-11-21-19)22-16-9-12-24(13-10-16)18-4-2-1-3-5-18/h1-8,11,14,16,21H,9-10,12-13H2,(H2,22,23,25). The number of nitrogens with one attached hydrogen (secondary N) is 3. The fourth-order valence-corrected chi connectivity index (χ4v) is 3.40. The van der Waals surface area contributed by atoms with Crippen molar-refractivity contribution in [1.82, 2.24) is 10.3 Å². The van der Waals surface area contributed by atoms with E-state index in [9.17, 15) is 4.79 Å². The molecule has 4 rings (SSSR count). The molecule has 0 aliphatic carbocycles. The van der Waals surface area contributed by atoms with Crippen LogP contribution < -0.4 is 15.5 Å². The molecular weight excluding hydrogens is 312 g/mol. The molecule has 128 valence electrons. The van der Waals surface area contributed by atoms with Crippen LogP contribution in [0.1, 0.15) is 12.8 Å². The molecule has 2 amide bonds. The van der Waals surface area contributed by atoms with Gasteiger partial charge in [0.1, 0.15) is 0 Å². The number of urea groups is 1. The van der Waals surface area contributed by atoms with E-state index < -0.39 is 0 Å². The molecule has 0 spiro atoms. The summed E-state index contributed by atoms with van der Waals surface area (Å²) in [5.41, 5.74) is 3.13. The monoisotopic (exact) mass is 334 g/mol. The van der Waals surface area contributed by atoms with E-state index in [1.807, 2.05) is 36.5 Å². The average molecular weight is 334 g/mol. The molecule has 1 saturated heterocycles. The van der Waals surface area contributed by atoms with Crippen molar-refractivity contribution in [3.05, 3.63) is 60.8 Å². The van der Waals surface area contributed by atoms with Gasteiger partial charge in [0.25, 0.3) is 0 Å². The minimum Gasteiger partial charge on any atom is -0.371 e. The van der Waals surface area contributed by atoms with E-state index >= 15 is 0 Å². The van der Waals surface area contributed by atoms with Crippen LogP contribution in [0.5, 0.6) is 0 Å². The first kappa shape index (κ1) is 15.6. The van der Waals surface area contributed by atoms with Crippen LogP contribution in [0.15, 0.2) is 60.8 Å². The molecule has 1 aliphatic heterocycles. The molecule has 25 heavy (non-hydrogen) atoms. The maximum absolute atomic E-state index is 12.3. The quantitative estimate of drug-likeness (QED) is 0.679. The largest absolute Gasteiger partial charge is 0.371 e. The number of hydrogen-bond acceptors (Lipinski definition) is 2. The van der Waals surface area contributed by atoms with Crippen molar-refractivity contribution in [2.24, 2.45) is 0 Å². The molecule has 0 bridgehead atoms. The fourth-order valence-electron chi connectivity index (χ4n) is 3.40. The van der Waals surface area contributed by atoms with Crippen LogP contribution in [0.25, 0.3) is 10.9 Å². The summed E-state index contributed by atoms with van der Waals surface area (Å²) in [6.45, 7) is 1.93. The van der Waals surface area contributed by atoms with E-state index in [2.05, 4.69) is 44.8 Å². The van der Waals surface area contributed by atoms with Crippen LogP contribution in [0.4, 0.5) is 16.2 Å². The summed E-state index contributed by atoms with van der Waals surface area (Å²) >= 11 is 0. The number of nitrogens with zero attached hydrogens (tertiary/aromatic N) is 1. The van der Waals surface area contributed by atoms with Gasteiger partial charge in [0.2, 0.25) is 0 Å². The van der Waals surface area contributed by atoms with Crippen molar-refractivity contribution in [3.63, 3.8) is 0 Å². The SMILES string of the molecule is O=C(Nc1ccc2[nH]ccc2c1)NC1CCN(c2ccccc2)CC1. The Hall–Kier alpha value is -2.95. The number of rotatable bonds is 3. The van der Waals surface area contributed by atoms with Gasteiger partial charge >= 0.3 is 6.03 Å². The van der Waals surface area contributed by atoms with Gasteiger partial charge in [-0.05, 0) is 49.2 Å². The number of benzene rings is 2. The predicted molar refractivity (Wildman–Crippen MR) is 102 cm³/mol. The first-order valence-electron chi connectivity index (χ1n) is 8.72. The third-order valence-electron chi connectivity index (χ3n) is 4.76. The Morgan fingerprint density at radius 3 is 2.64 bits per heavy atom. The zero-order chi connectivity index (χ0) is 17.1. The highest BCUT2D eigenvalue weighted by atomic mass is 16.2. The third kappa shape index (κ3) is 3.60. The van der Waals surface area contributed by atoms with E-state index in [0.29, 0.717) is 0 Å². The van der Waals surface area contributed by atoms with Crippen molar-refractivity contribution in [2.45, 2.75) is 18.9 Å². The maximum atomic E-state index is 12.3. The molecule has 1 aliphatic rings. The Bertz CT molecular complexity index is 850. The second-order valence-electron chi connectivity index (χ2n) is 6.48. The summed E-state index contributed by atoms with van der Waals surface area (Å²) in [5.74, 6) is 0. The normalized spacial score (nSPS) is 15.3. The summed E-state index contributed by atoms with van der Waals surface area (Å²) in [4.78, 5) is 17.8. The number of carbonyl (C=O) groups excluding carboxylic acids is 1. The highest BCUT2D eigenvalue weighted by Crippen LogP contribution is 2.20. The zero-order valence-electron chi connectivity index (χ0n) is 14.0. The molecule has 1 aromatic heterocycles. The topological polar surface area (TPSA) is 60.2 Å². The molecule has 2 heterocycles. The molecule has 1 fully saturated rings. The molecule has 5 nitrogen and oxygen atoms in total. The smallest absolute Gasteiger partial charge is 0.319 e. The predicted octanol–water partition coefficient (Wildman–Crippen LogP) is 3.96. The number of anilines is 2. The number of fused-ring (bicyclic) bond motifs is 1. The Morgan fingerprint density at radius 1 is 1.04 bits per heavy atom. The lowest BCUT2D eigenvalue weighted by Crippen LogP contribution is -2.46. The number of piperidine rings is 1. The van der Waals surface area contributed by atoms with Crippen molar-refractivity contribution in [3.8, 4) is 0 Å². The average Bonchev–Trinajstić information content (AvgIpc) is 3.11. The van der Waals surface area contributed by atoms with Crippen LogP contribution in [-0.2, 0) is 0 Å². The second kappa shape index (κ2) is 6.89. The van der Waals surface area contributed by atoms with Gasteiger partial charge in [0.15, 0.2) is 0 Å². The Morgan fingerprint density at radius 2 is 1.84 bits per heavy atom. The van der Waals surface area contributed by atoms with E-state index in [1.54, 1.807) is 0 Å². The van der Waals surface area contributed by atoms with Crippen molar-refractivity contribution in [1.29, 1.82) is 0 Å². The van der Waals surface area contributed by atoms with Crippen molar-refractivity contribution >= 4 is 28.3 Å². The van der Waals surface area contributed by atoms with E-state index in [1.165, 1.54) is 5.69 Å². The summed E-state index contributed by atoms with van der Waals surface area (Å²) < 4.78 is 0. The number of para-hydroxylation sites is 1. The Kier molecular flexibility index (Phi) is 4.29. The first-order chi connectivity index (χ1) is 12.3. The lowest BCUT2D eigenvalue weighted by molar-refractivity contribution is 0.246. The molecule has 5 heteroatoms. The van der Waals surface area contributed by atoms with Gasteiger partial charge in [-0.1, -0.05) is 18.2 Å². The number of H-pyrrole nitrogens is 1. The van der Waals surface area contributed by atoms with Gasteiger partial charge in [-0.15, -0.1) is 0 Å². The van der Waals surface area contributed by atoms with Crippen LogP contribution in [0, 0.1) is 0 Å². The Balaban J connectivity index is 1.30. The molecule has 0 unspecified atom stereocenters. The maximum Gasteiger partial charge on any atom is 0.319 e. The minimum absolute atomic E-state index is 0.131. The molecule has 2 aromatic carbocycles. The minimum atomic E-state index is -0.131. The molecule has 0 saturated carbocycles. The third-order valence-corrected chi connectivity index (χ3v) is 4.76. The number of amides is 2. The molecule has 0 radical (unpaired) electrons. The molecule has 3 aromatic rings. The lowest BCUT2D eigenvalue weighted by atomic mass is 10.0. The van der Waals surface area contributed by atoms with Crippen LogP contribution in [0.2, 0.25) is 0 Å². The van der Waals surface area contributed by atoms with Gasteiger partial charge < -0.3 is 20.5 Å². The highest BCUT2D eigenvalue weighted by Gasteiger charge is 2.20. The van der Waals surface area contributed by atoms with Gasteiger partial charge in [-0.2, -0.15) is 0 Å². The summed E-state index contributed by atoms with van der Waals surface area (Å²) in [6.07, 6.45) is 3.81. The number of aromatic amines is 1. The van der Waals surface area contributed by atoms with Crippen molar-refractivity contribution in [2.75, 3.05) is 23.3 Å². The van der Waals surface area contributed by atoms with Gasteiger partial charge in [-0.3, -0.25) is 0 Å². The van der Waals surface area contributed by atoms with E-state index in [0.717, 1.165) is 42.5 Å². The van der Waals surface area contributed by atoms with Crippen molar-refractivity contribution < 1.29 is 4.79 Å². The van der Waals surface area contributed by atoms with Gasteiger partial charge in [0, 0.05) is 47.6 Å². The van der Waals surface area contributed by atoms with Crippen LogP contribution in [-0.4, -0.2) is 30.1 Å². The highest BCUT2D eigenvalue weighted by molar-refractivity contribution is 5.92. The lowest BCUT2D eigenvalue weighted by Gasteiger charge is -2.33.